The summed E-state index contributed by atoms with van der Waals surface area (Å²) in [6.07, 6.45) is 0. The molecule has 2 rings (SSSR count). The highest BCUT2D eigenvalue weighted by molar-refractivity contribution is 9.08. The van der Waals surface area contributed by atoms with Crippen LogP contribution in [0.3, 0.4) is 0 Å². The van der Waals surface area contributed by atoms with Gasteiger partial charge in [0.2, 0.25) is 0 Å². The van der Waals surface area contributed by atoms with E-state index in [0.717, 1.165) is 16.1 Å². The molecule has 0 spiro atoms. The highest BCUT2D eigenvalue weighted by atomic mass is 79.9. The van der Waals surface area contributed by atoms with Gasteiger partial charge >= 0.3 is 0 Å². The van der Waals surface area contributed by atoms with Gasteiger partial charge in [-0.3, -0.25) is 0 Å². The molecule has 0 aliphatic carbocycles. The van der Waals surface area contributed by atoms with Crippen molar-refractivity contribution >= 4 is 26.7 Å². The van der Waals surface area contributed by atoms with Crippen molar-refractivity contribution < 1.29 is 5.11 Å². The van der Waals surface area contributed by atoms with E-state index in [9.17, 15) is 5.11 Å². The lowest BCUT2D eigenvalue weighted by Gasteiger charge is -2.01. The summed E-state index contributed by atoms with van der Waals surface area (Å²) < 4.78 is 0. The SMILES string of the molecule is Oc1cccc2cc(CBr)ccc12. The van der Waals surface area contributed by atoms with Crippen molar-refractivity contribution in [3.8, 4) is 5.75 Å². The number of alkyl halides is 1. The zero-order valence-electron chi connectivity index (χ0n) is 7.00. The molecule has 0 aromatic heterocycles. The first-order chi connectivity index (χ1) is 6.31. The lowest BCUT2D eigenvalue weighted by molar-refractivity contribution is 0.481. The maximum Gasteiger partial charge on any atom is 0.123 e. The van der Waals surface area contributed by atoms with Gasteiger partial charge in [0.1, 0.15) is 5.75 Å². The topological polar surface area (TPSA) is 20.2 Å². The smallest absolute Gasteiger partial charge is 0.123 e. The summed E-state index contributed by atoms with van der Waals surface area (Å²) in [7, 11) is 0. The lowest BCUT2D eigenvalue weighted by atomic mass is 10.1. The van der Waals surface area contributed by atoms with Gasteiger partial charge in [-0.15, -0.1) is 0 Å². The predicted molar refractivity (Wildman–Crippen MR) is 58.2 cm³/mol. The lowest BCUT2D eigenvalue weighted by Crippen LogP contribution is -1.78. The Hall–Kier alpha value is -1.02. The molecule has 2 aromatic rings. The van der Waals surface area contributed by atoms with E-state index in [1.165, 1.54) is 5.56 Å². The molecular weight excluding hydrogens is 228 g/mol. The number of rotatable bonds is 1. The summed E-state index contributed by atoms with van der Waals surface area (Å²) >= 11 is 3.40. The number of hydrogen-bond donors (Lipinski definition) is 1. The van der Waals surface area contributed by atoms with Crippen LogP contribution in [0.4, 0.5) is 0 Å². The monoisotopic (exact) mass is 236 g/mol. The normalized spacial score (nSPS) is 10.5. The molecule has 0 bridgehead atoms. The zero-order valence-corrected chi connectivity index (χ0v) is 8.58. The third-order valence-corrected chi connectivity index (χ3v) is 2.72. The van der Waals surface area contributed by atoms with E-state index in [4.69, 9.17) is 0 Å². The summed E-state index contributed by atoms with van der Waals surface area (Å²) in [5.74, 6) is 0.346. The second-order valence-electron chi connectivity index (χ2n) is 2.97. The van der Waals surface area contributed by atoms with E-state index < -0.39 is 0 Å². The molecule has 0 fully saturated rings. The Balaban J connectivity index is 2.72. The Morgan fingerprint density at radius 2 is 2.00 bits per heavy atom. The molecule has 0 aliphatic heterocycles. The van der Waals surface area contributed by atoms with Gasteiger partial charge in [-0.1, -0.05) is 46.3 Å². The first-order valence-electron chi connectivity index (χ1n) is 4.08. The van der Waals surface area contributed by atoms with Crippen molar-refractivity contribution in [1.29, 1.82) is 0 Å². The summed E-state index contributed by atoms with van der Waals surface area (Å²) in [6.45, 7) is 0. The van der Waals surface area contributed by atoms with Gasteiger partial charge in [-0.05, 0) is 17.0 Å². The van der Waals surface area contributed by atoms with Crippen LogP contribution in [0.1, 0.15) is 5.56 Å². The highest BCUT2D eigenvalue weighted by Crippen LogP contribution is 2.25. The van der Waals surface area contributed by atoms with Crippen molar-refractivity contribution in [2.45, 2.75) is 5.33 Å². The molecule has 2 aromatic carbocycles. The van der Waals surface area contributed by atoms with E-state index >= 15 is 0 Å². The quantitative estimate of drug-likeness (QED) is 0.753. The summed E-state index contributed by atoms with van der Waals surface area (Å²) in [4.78, 5) is 0. The van der Waals surface area contributed by atoms with E-state index in [0.29, 0.717) is 5.75 Å². The molecule has 66 valence electrons. The fourth-order valence-corrected chi connectivity index (χ4v) is 1.75. The van der Waals surface area contributed by atoms with Crippen molar-refractivity contribution in [3.63, 3.8) is 0 Å². The van der Waals surface area contributed by atoms with Gasteiger partial charge in [-0.2, -0.15) is 0 Å². The average molecular weight is 237 g/mol. The van der Waals surface area contributed by atoms with E-state index in [1.54, 1.807) is 6.07 Å². The van der Waals surface area contributed by atoms with Crippen LogP contribution in [-0.4, -0.2) is 5.11 Å². The molecule has 0 saturated carbocycles. The van der Waals surface area contributed by atoms with Crippen LogP contribution in [0.25, 0.3) is 10.8 Å². The van der Waals surface area contributed by atoms with Crippen LogP contribution in [0.15, 0.2) is 36.4 Å². The molecule has 0 radical (unpaired) electrons. The molecule has 0 aliphatic rings. The number of phenolic OH excluding ortho intramolecular Hbond substituents is 1. The number of halogens is 1. The fourth-order valence-electron chi connectivity index (χ4n) is 1.40. The fraction of sp³-hybridized carbons (Fsp3) is 0.0909. The van der Waals surface area contributed by atoms with Gasteiger partial charge in [-0.25, -0.2) is 0 Å². The average Bonchev–Trinajstić information content (AvgIpc) is 2.18. The third-order valence-electron chi connectivity index (χ3n) is 2.08. The summed E-state index contributed by atoms with van der Waals surface area (Å²) in [5, 5.41) is 12.4. The predicted octanol–water partition coefficient (Wildman–Crippen LogP) is 3.44. The van der Waals surface area contributed by atoms with Crippen LogP contribution in [0, 0.1) is 0 Å². The first kappa shape index (κ1) is 8.57. The second-order valence-corrected chi connectivity index (χ2v) is 3.53. The van der Waals surface area contributed by atoms with E-state index in [-0.39, 0.29) is 0 Å². The van der Waals surface area contributed by atoms with Crippen molar-refractivity contribution in [2.75, 3.05) is 0 Å². The van der Waals surface area contributed by atoms with Crippen LogP contribution in [-0.2, 0) is 5.33 Å². The molecule has 0 amide bonds. The molecule has 0 unspecified atom stereocenters. The van der Waals surface area contributed by atoms with E-state index in [1.807, 2.05) is 24.3 Å². The largest absolute Gasteiger partial charge is 0.507 e. The summed E-state index contributed by atoms with van der Waals surface area (Å²) in [5.41, 5.74) is 1.22. The van der Waals surface area contributed by atoms with Gasteiger partial charge in [0.25, 0.3) is 0 Å². The minimum atomic E-state index is 0.346. The zero-order chi connectivity index (χ0) is 9.26. The minimum absolute atomic E-state index is 0.346. The van der Waals surface area contributed by atoms with Crippen LogP contribution < -0.4 is 0 Å². The molecule has 13 heavy (non-hydrogen) atoms. The number of hydrogen-bond acceptors (Lipinski definition) is 1. The van der Waals surface area contributed by atoms with Gasteiger partial charge in [0.15, 0.2) is 0 Å². The van der Waals surface area contributed by atoms with Crippen LogP contribution in [0.5, 0.6) is 5.75 Å². The van der Waals surface area contributed by atoms with Gasteiger partial charge in [0, 0.05) is 10.7 Å². The van der Waals surface area contributed by atoms with Crippen LogP contribution >= 0.6 is 15.9 Å². The Kier molecular flexibility index (Phi) is 2.23. The van der Waals surface area contributed by atoms with Crippen molar-refractivity contribution in [2.24, 2.45) is 0 Å². The van der Waals surface area contributed by atoms with E-state index in [2.05, 4.69) is 22.0 Å². The Bertz CT molecular complexity index is 437. The van der Waals surface area contributed by atoms with Gasteiger partial charge in [0.05, 0.1) is 0 Å². The Labute approximate surface area is 85.1 Å². The molecule has 1 nitrogen and oxygen atoms in total. The molecule has 1 N–H and O–H groups in total. The molecular formula is C11H9BrO. The summed E-state index contributed by atoms with van der Waals surface area (Å²) in [6, 6.07) is 11.6. The third kappa shape index (κ3) is 1.54. The number of aromatic hydroxyl groups is 1. The number of benzene rings is 2. The molecule has 2 heteroatoms. The molecule has 0 atom stereocenters. The molecule has 0 heterocycles. The maximum absolute atomic E-state index is 9.52. The standard InChI is InChI=1S/C11H9BrO/c12-7-8-4-5-10-9(6-8)2-1-3-11(10)13/h1-6,13H,7H2. The van der Waals surface area contributed by atoms with Gasteiger partial charge < -0.3 is 5.11 Å². The number of phenols is 1. The van der Waals surface area contributed by atoms with Crippen molar-refractivity contribution in [3.05, 3.63) is 42.0 Å². The van der Waals surface area contributed by atoms with Crippen molar-refractivity contribution in [1.82, 2.24) is 0 Å². The Morgan fingerprint density at radius 1 is 1.15 bits per heavy atom. The van der Waals surface area contributed by atoms with Crippen LogP contribution in [0.2, 0.25) is 0 Å². The Morgan fingerprint density at radius 3 is 2.77 bits per heavy atom. The molecule has 0 saturated heterocycles. The second kappa shape index (κ2) is 3.38. The maximum atomic E-state index is 9.52. The minimum Gasteiger partial charge on any atom is -0.507 e. The number of fused-ring (bicyclic) bond motifs is 1. The first-order valence-corrected chi connectivity index (χ1v) is 5.20. The highest BCUT2D eigenvalue weighted by Gasteiger charge is 1.98.